The molecule has 0 saturated heterocycles. The van der Waals surface area contributed by atoms with Crippen LogP contribution in [0.15, 0.2) is 34.8 Å². The molecule has 0 aliphatic rings. The highest BCUT2D eigenvalue weighted by Gasteiger charge is 2.17. The van der Waals surface area contributed by atoms with Gasteiger partial charge in [0.25, 0.3) is 11.8 Å². The number of aryl methyl sites for hydroxylation is 2. The Morgan fingerprint density at radius 3 is 2.38 bits per heavy atom. The van der Waals surface area contributed by atoms with Crippen molar-refractivity contribution < 1.29 is 9.59 Å². The van der Waals surface area contributed by atoms with Gasteiger partial charge in [0.05, 0.1) is 11.4 Å². The maximum Gasteiger partial charge on any atom is 0.287 e. The summed E-state index contributed by atoms with van der Waals surface area (Å²) in [7, 11) is 1.85. The van der Waals surface area contributed by atoms with Gasteiger partial charge in [-0.15, -0.1) is 0 Å². The van der Waals surface area contributed by atoms with Gasteiger partial charge in [0.15, 0.2) is 0 Å². The highest BCUT2D eigenvalue weighted by atomic mass is 79.9. The number of H-pyrrole nitrogens is 1. The lowest BCUT2D eigenvalue weighted by Crippen LogP contribution is -2.41. The van der Waals surface area contributed by atoms with Gasteiger partial charge in [0.2, 0.25) is 0 Å². The lowest BCUT2D eigenvalue weighted by atomic mass is 10.1. The molecule has 0 atom stereocenters. The second-order valence-electron chi connectivity index (χ2n) is 5.75. The van der Waals surface area contributed by atoms with Gasteiger partial charge >= 0.3 is 0 Å². The minimum Gasteiger partial charge on any atom is -0.272 e. The molecule has 2 heterocycles. The molecule has 0 saturated carbocycles. The number of amides is 2. The highest BCUT2D eigenvalue weighted by Crippen LogP contribution is 2.25. The summed E-state index contributed by atoms with van der Waals surface area (Å²) in [6, 6.07) is 8.41. The summed E-state index contributed by atoms with van der Waals surface area (Å²) in [6.45, 7) is 3.82. The first-order chi connectivity index (χ1) is 12.4. The molecule has 3 rings (SSSR count). The van der Waals surface area contributed by atoms with E-state index in [0.717, 1.165) is 21.4 Å². The normalized spacial score (nSPS) is 10.6. The van der Waals surface area contributed by atoms with Crippen molar-refractivity contribution in [3.63, 3.8) is 0 Å². The predicted molar refractivity (Wildman–Crippen MR) is 99.3 cm³/mol. The number of aromatic nitrogens is 4. The van der Waals surface area contributed by atoms with Gasteiger partial charge in [-0.1, -0.05) is 15.9 Å². The summed E-state index contributed by atoms with van der Waals surface area (Å²) in [5.41, 5.74) is 8.68. The molecule has 2 amide bonds. The quantitative estimate of drug-likeness (QED) is 0.569. The van der Waals surface area contributed by atoms with Crippen molar-refractivity contribution in [2.24, 2.45) is 7.05 Å². The van der Waals surface area contributed by atoms with E-state index in [1.165, 1.54) is 0 Å². The van der Waals surface area contributed by atoms with Crippen LogP contribution in [0.2, 0.25) is 0 Å². The Morgan fingerprint density at radius 1 is 1.12 bits per heavy atom. The molecule has 0 aliphatic heterocycles. The first-order valence-corrected chi connectivity index (χ1v) is 8.58. The monoisotopic (exact) mass is 416 g/mol. The number of halogens is 1. The third-order valence-corrected chi connectivity index (χ3v) is 4.51. The molecule has 0 fully saturated rings. The van der Waals surface area contributed by atoms with E-state index in [2.05, 4.69) is 42.1 Å². The van der Waals surface area contributed by atoms with E-state index in [1.54, 1.807) is 35.0 Å². The van der Waals surface area contributed by atoms with E-state index < -0.39 is 11.8 Å². The second-order valence-corrected chi connectivity index (χ2v) is 6.67. The van der Waals surface area contributed by atoms with Crippen molar-refractivity contribution in [1.82, 2.24) is 30.8 Å². The summed E-state index contributed by atoms with van der Waals surface area (Å²) >= 11 is 3.30. The van der Waals surface area contributed by atoms with Gasteiger partial charge in [0, 0.05) is 28.3 Å². The van der Waals surface area contributed by atoms with Crippen LogP contribution in [0, 0.1) is 13.8 Å². The maximum atomic E-state index is 12.2. The van der Waals surface area contributed by atoms with Crippen molar-refractivity contribution in [3.05, 3.63) is 57.4 Å². The molecule has 0 radical (unpaired) electrons. The summed E-state index contributed by atoms with van der Waals surface area (Å²) < 4.78 is 2.63. The Hall–Kier alpha value is -2.94. The number of carbonyl (C=O) groups is 2. The molecule has 2 aromatic heterocycles. The minimum absolute atomic E-state index is 0.235. The number of nitrogens with one attached hydrogen (secondary N) is 3. The van der Waals surface area contributed by atoms with E-state index in [0.29, 0.717) is 11.3 Å². The smallest absolute Gasteiger partial charge is 0.272 e. The van der Waals surface area contributed by atoms with E-state index >= 15 is 0 Å². The van der Waals surface area contributed by atoms with Crippen LogP contribution in [0.5, 0.6) is 0 Å². The number of aromatic amines is 1. The zero-order chi connectivity index (χ0) is 18.8. The fourth-order valence-corrected chi connectivity index (χ4v) is 2.83. The lowest BCUT2D eigenvalue weighted by molar-refractivity contribution is 0.0844. The minimum atomic E-state index is -0.492. The molecule has 0 spiro atoms. The number of carbonyl (C=O) groups excluding carboxylic acids is 2. The van der Waals surface area contributed by atoms with Gasteiger partial charge in [-0.2, -0.15) is 10.2 Å². The molecule has 0 bridgehead atoms. The van der Waals surface area contributed by atoms with Gasteiger partial charge in [-0.3, -0.25) is 30.2 Å². The van der Waals surface area contributed by atoms with Crippen LogP contribution >= 0.6 is 15.9 Å². The molecule has 134 valence electrons. The topological polar surface area (TPSA) is 105 Å². The summed E-state index contributed by atoms with van der Waals surface area (Å²) in [6.07, 6.45) is 0. The van der Waals surface area contributed by atoms with E-state index in [1.807, 2.05) is 20.9 Å². The number of benzene rings is 1. The molecule has 3 N–H and O–H groups in total. The molecule has 0 unspecified atom stereocenters. The van der Waals surface area contributed by atoms with E-state index in [-0.39, 0.29) is 5.69 Å². The molecule has 0 aliphatic carbocycles. The lowest BCUT2D eigenvalue weighted by Gasteiger charge is -2.06. The van der Waals surface area contributed by atoms with Crippen LogP contribution < -0.4 is 10.9 Å². The first-order valence-electron chi connectivity index (χ1n) is 7.79. The van der Waals surface area contributed by atoms with Crippen LogP contribution in [0.4, 0.5) is 0 Å². The summed E-state index contributed by atoms with van der Waals surface area (Å²) in [5.74, 6) is -0.905. The summed E-state index contributed by atoms with van der Waals surface area (Å²) in [4.78, 5) is 24.3. The van der Waals surface area contributed by atoms with Gasteiger partial charge in [0.1, 0.15) is 5.69 Å². The van der Waals surface area contributed by atoms with Crippen molar-refractivity contribution in [2.45, 2.75) is 13.8 Å². The molecule has 26 heavy (non-hydrogen) atoms. The Kier molecular flexibility index (Phi) is 4.90. The van der Waals surface area contributed by atoms with E-state index in [4.69, 9.17) is 0 Å². The van der Waals surface area contributed by atoms with Crippen molar-refractivity contribution in [2.75, 3.05) is 0 Å². The number of hydrazine groups is 1. The third kappa shape index (κ3) is 3.52. The zero-order valence-corrected chi connectivity index (χ0v) is 16.0. The zero-order valence-electron chi connectivity index (χ0n) is 14.4. The van der Waals surface area contributed by atoms with Gasteiger partial charge in [-0.05, 0) is 44.2 Å². The number of rotatable bonds is 3. The van der Waals surface area contributed by atoms with Crippen LogP contribution in [-0.4, -0.2) is 31.8 Å². The van der Waals surface area contributed by atoms with Crippen LogP contribution in [-0.2, 0) is 7.05 Å². The highest BCUT2D eigenvalue weighted by molar-refractivity contribution is 9.10. The van der Waals surface area contributed by atoms with Gasteiger partial charge < -0.3 is 0 Å². The molecule has 9 heteroatoms. The number of hydrogen-bond donors (Lipinski definition) is 3. The van der Waals surface area contributed by atoms with Crippen molar-refractivity contribution >= 4 is 27.7 Å². The van der Waals surface area contributed by atoms with Crippen molar-refractivity contribution in [1.29, 1.82) is 0 Å². The van der Waals surface area contributed by atoms with E-state index in [9.17, 15) is 9.59 Å². The molecular weight excluding hydrogens is 400 g/mol. The van der Waals surface area contributed by atoms with Crippen LogP contribution in [0.3, 0.4) is 0 Å². The fraction of sp³-hybridized carbons (Fsp3) is 0.176. The Morgan fingerprint density at radius 2 is 1.77 bits per heavy atom. The Labute approximate surface area is 158 Å². The standard InChI is InChI=1S/C17H17BrN6O2/c1-9-15(10(2)24(3)23-9)13-8-14(20-19-13)17(26)22-21-16(25)11-4-6-12(18)7-5-11/h4-8H,1-3H3,(H,19,20)(H,21,25)(H,22,26). The van der Waals surface area contributed by atoms with Gasteiger partial charge in [-0.25, -0.2) is 0 Å². The maximum absolute atomic E-state index is 12.2. The third-order valence-electron chi connectivity index (χ3n) is 3.98. The summed E-state index contributed by atoms with van der Waals surface area (Å²) in [5, 5.41) is 11.2. The second kappa shape index (κ2) is 7.12. The predicted octanol–water partition coefficient (Wildman–Crippen LogP) is 2.26. The fourth-order valence-electron chi connectivity index (χ4n) is 2.56. The first kappa shape index (κ1) is 17.9. The molecule has 3 aromatic rings. The number of nitrogens with zero attached hydrogens (tertiary/aromatic N) is 3. The Bertz CT molecular complexity index is 974. The molecule has 8 nitrogen and oxygen atoms in total. The molecule has 1 aromatic carbocycles. The Balaban J connectivity index is 1.68. The average molecular weight is 417 g/mol. The molecular formula is C17H17BrN6O2. The SMILES string of the molecule is Cc1nn(C)c(C)c1-c1cc(C(=O)NNC(=O)c2ccc(Br)cc2)[nH]n1. The van der Waals surface area contributed by atoms with Crippen LogP contribution in [0.1, 0.15) is 32.2 Å². The number of hydrogen-bond acceptors (Lipinski definition) is 4. The van der Waals surface area contributed by atoms with Crippen LogP contribution in [0.25, 0.3) is 11.3 Å². The largest absolute Gasteiger partial charge is 0.287 e. The average Bonchev–Trinajstić information content (AvgIpc) is 3.18. The van der Waals surface area contributed by atoms with Crippen molar-refractivity contribution in [3.8, 4) is 11.3 Å².